The quantitative estimate of drug-likeness (QED) is 0.309. The van der Waals surface area contributed by atoms with Crippen molar-refractivity contribution in [1.29, 1.82) is 0 Å². The highest BCUT2D eigenvalue weighted by molar-refractivity contribution is 5.92. The number of hydrogen-bond donors (Lipinski definition) is 2. The molecule has 4 aromatic carbocycles. The molecule has 2 aliphatic rings. The number of carbonyl (C=O) groups excluding carboxylic acids is 3. The number of hydrogen-bond acceptors (Lipinski definition) is 5. The molecule has 2 aliphatic heterocycles. The van der Waals surface area contributed by atoms with Crippen LogP contribution in [-0.2, 0) is 29.1 Å². The normalized spacial score (nSPS) is 18.6. The van der Waals surface area contributed by atoms with Crippen LogP contribution in [0.15, 0.2) is 97.1 Å². The summed E-state index contributed by atoms with van der Waals surface area (Å²) in [6, 6.07) is 30.4. The molecule has 0 bridgehead atoms. The van der Waals surface area contributed by atoms with Crippen LogP contribution in [0.25, 0.3) is 10.8 Å². The lowest BCUT2D eigenvalue weighted by molar-refractivity contribution is -0.157. The number of rotatable bonds is 8. The van der Waals surface area contributed by atoms with Crippen LogP contribution in [0.5, 0.6) is 0 Å². The molecule has 4 amide bonds. The van der Waals surface area contributed by atoms with Crippen molar-refractivity contribution in [3.8, 4) is 0 Å². The van der Waals surface area contributed by atoms with E-state index in [0.29, 0.717) is 31.7 Å². The number of nitrogens with zero attached hydrogens (tertiary/aromatic N) is 4. The molecule has 9 nitrogen and oxygen atoms in total. The molecule has 0 radical (unpaired) electrons. The maximum Gasteiger partial charge on any atom is 0.332 e. The second-order valence-corrected chi connectivity index (χ2v) is 11.1. The van der Waals surface area contributed by atoms with Crippen molar-refractivity contribution >= 4 is 34.3 Å². The van der Waals surface area contributed by atoms with Crippen LogP contribution >= 0.6 is 0 Å². The van der Waals surface area contributed by atoms with Crippen LogP contribution in [0.1, 0.15) is 23.6 Å². The number of piperazine rings is 1. The Labute approximate surface area is 251 Å². The summed E-state index contributed by atoms with van der Waals surface area (Å²) >= 11 is 0. The van der Waals surface area contributed by atoms with Gasteiger partial charge in [-0.25, -0.2) is 4.79 Å². The number of anilines is 1. The van der Waals surface area contributed by atoms with E-state index >= 15 is 0 Å². The summed E-state index contributed by atoms with van der Waals surface area (Å²) in [5, 5.41) is 8.61. The van der Waals surface area contributed by atoms with Gasteiger partial charge in [-0.3, -0.25) is 14.6 Å². The molecule has 2 atom stereocenters. The Morgan fingerprint density at radius 1 is 0.907 bits per heavy atom. The molecule has 0 aliphatic carbocycles. The summed E-state index contributed by atoms with van der Waals surface area (Å²) < 4.78 is 0. The van der Waals surface area contributed by atoms with Crippen LogP contribution in [0.2, 0.25) is 0 Å². The van der Waals surface area contributed by atoms with Crippen LogP contribution < -0.4 is 11.1 Å². The van der Waals surface area contributed by atoms with Gasteiger partial charge in [0.25, 0.3) is 0 Å². The van der Waals surface area contributed by atoms with Gasteiger partial charge >= 0.3 is 6.03 Å². The monoisotopic (exact) mass is 576 g/mol. The minimum atomic E-state index is -0.707. The first-order valence-electron chi connectivity index (χ1n) is 14.7. The molecule has 220 valence electrons. The topological polar surface area (TPSA) is 102 Å². The van der Waals surface area contributed by atoms with Crippen molar-refractivity contribution in [2.45, 2.75) is 38.6 Å². The summed E-state index contributed by atoms with van der Waals surface area (Å²) in [7, 11) is 0. The number of nitrogens with one attached hydrogen (secondary N) is 1. The molecule has 0 saturated carbocycles. The van der Waals surface area contributed by atoms with Crippen LogP contribution in [0, 0.1) is 0 Å². The maximum absolute atomic E-state index is 14.2. The van der Waals surface area contributed by atoms with Crippen molar-refractivity contribution < 1.29 is 14.4 Å². The Hall–Kier alpha value is -4.89. The molecule has 6 rings (SSSR count). The average Bonchev–Trinajstić information content (AvgIpc) is 3.35. The fraction of sp³-hybridized carbons (Fsp3) is 0.265. The Morgan fingerprint density at radius 3 is 2.40 bits per heavy atom. The first-order chi connectivity index (χ1) is 20.9. The first-order valence-corrected chi connectivity index (χ1v) is 14.7. The van der Waals surface area contributed by atoms with Crippen molar-refractivity contribution in [3.63, 3.8) is 0 Å². The summed E-state index contributed by atoms with van der Waals surface area (Å²) in [4.78, 5) is 44.8. The van der Waals surface area contributed by atoms with E-state index in [0.717, 1.165) is 27.5 Å². The van der Waals surface area contributed by atoms with Gasteiger partial charge in [-0.2, -0.15) is 5.01 Å². The van der Waals surface area contributed by atoms with Gasteiger partial charge in [0.05, 0.1) is 13.1 Å². The van der Waals surface area contributed by atoms with Crippen LogP contribution in [0.3, 0.4) is 0 Å². The number of benzene rings is 4. The molecule has 2 heterocycles. The van der Waals surface area contributed by atoms with E-state index in [4.69, 9.17) is 5.73 Å². The predicted octanol–water partition coefficient (Wildman–Crippen LogP) is 3.99. The van der Waals surface area contributed by atoms with Gasteiger partial charge in [-0.05, 0) is 46.5 Å². The molecule has 0 unspecified atom stereocenters. The van der Waals surface area contributed by atoms with Crippen molar-refractivity contribution in [1.82, 2.24) is 25.1 Å². The summed E-state index contributed by atoms with van der Waals surface area (Å²) in [5.41, 5.74) is 9.49. The van der Waals surface area contributed by atoms with Gasteiger partial charge in [-0.15, -0.1) is 0 Å². The van der Waals surface area contributed by atoms with E-state index in [1.54, 1.807) is 9.91 Å². The minimum Gasteiger partial charge on any atom is -0.399 e. The molecular formula is C34H36N6O3. The highest BCUT2D eigenvalue weighted by atomic mass is 16.2. The zero-order valence-corrected chi connectivity index (χ0v) is 24.2. The number of fused-ring (bicyclic) bond motifs is 2. The van der Waals surface area contributed by atoms with Gasteiger partial charge in [0.1, 0.15) is 12.2 Å². The zero-order chi connectivity index (χ0) is 29.9. The summed E-state index contributed by atoms with van der Waals surface area (Å²) in [6.45, 7) is 3.34. The second kappa shape index (κ2) is 12.1. The van der Waals surface area contributed by atoms with E-state index in [1.807, 2.05) is 95.7 Å². The van der Waals surface area contributed by atoms with E-state index in [2.05, 4.69) is 23.5 Å². The van der Waals surface area contributed by atoms with Gasteiger partial charge in [0.15, 0.2) is 0 Å². The lowest BCUT2D eigenvalue weighted by Crippen LogP contribution is -2.66. The van der Waals surface area contributed by atoms with Gasteiger partial charge in [-0.1, -0.05) is 84.9 Å². The SMILES string of the molecule is CCN(C(=O)NCc1ccccc1)N1CC(=O)N2[C@@H](Cc3ccc(N)cc3)C(=O)N(Cc3cccc4ccccc34)C[C@@H]21. The highest BCUT2D eigenvalue weighted by Gasteiger charge is 2.52. The molecule has 2 saturated heterocycles. The van der Waals surface area contributed by atoms with E-state index < -0.39 is 12.2 Å². The standard InChI is InChI=1S/C34H36N6O3/c1-2-38(34(43)36-20-25-9-4-3-5-10-25)39-23-32(41)40-30(19-24-15-17-28(35)18-16-24)33(42)37(22-31(39)40)21-27-13-8-12-26-11-6-7-14-29(26)27/h3-18,30-31H,2,19-23,35H2,1H3,(H,36,43)/t30-,31+/m0/s1. The van der Waals surface area contributed by atoms with Crippen molar-refractivity contribution in [2.24, 2.45) is 0 Å². The molecule has 0 spiro atoms. The number of carbonyl (C=O) groups is 3. The number of hydrazine groups is 1. The maximum atomic E-state index is 14.2. The minimum absolute atomic E-state index is 0.0187. The third kappa shape index (κ3) is 5.76. The van der Waals surface area contributed by atoms with E-state index in [-0.39, 0.29) is 30.9 Å². The largest absolute Gasteiger partial charge is 0.399 e. The predicted molar refractivity (Wildman–Crippen MR) is 166 cm³/mol. The Bertz CT molecular complexity index is 1620. The first kappa shape index (κ1) is 28.2. The van der Waals surface area contributed by atoms with Crippen LogP contribution in [-0.4, -0.2) is 69.5 Å². The highest BCUT2D eigenvalue weighted by Crippen LogP contribution is 2.31. The third-order valence-corrected chi connectivity index (χ3v) is 8.35. The van der Waals surface area contributed by atoms with Gasteiger partial charge in [0.2, 0.25) is 11.8 Å². The molecular weight excluding hydrogens is 540 g/mol. The fourth-order valence-corrected chi connectivity index (χ4v) is 6.21. The Balaban J connectivity index is 1.30. The summed E-state index contributed by atoms with van der Waals surface area (Å²) in [5.74, 6) is -0.272. The number of urea groups is 1. The zero-order valence-electron chi connectivity index (χ0n) is 24.2. The van der Waals surface area contributed by atoms with Crippen LogP contribution in [0.4, 0.5) is 10.5 Å². The fourth-order valence-electron chi connectivity index (χ4n) is 6.21. The molecule has 2 fully saturated rings. The lowest BCUT2D eigenvalue weighted by atomic mass is 9.99. The number of nitrogen functional groups attached to an aromatic ring is 1. The van der Waals surface area contributed by atoms with Gasteiger partial charge < -0.3 is 20.9 Å². The molecule has 9 heteroatoms. The third-order valence-electron chi connectivity index (χ3n) is 8.35. The lowest BCUT2D eigenvalue weighted by Gasteiger charge is -2.46. The Kier molecular flexibility index (Phi) is 7.98. The second-order valence-electron chi connectivity index (χ2n) is 11.1. The molecule has 3 N–H and O–H groups in total. The molecule has 0 aromatic heterocycles. The van der Waals surface area contributed by atoms with Crippen molar-refractivity contribution in [2.75, 3.05) is 25.4 Å². The Morgan fingerprint density at radius 2 is 1.63 bits per heavy atom. The van der Waals surface area contributed by atoms with Gasteiger partial charge in [0, 0.05) is 31.7 Å². The average molecular weight is 577 g/mol. The van der Waals surface area contributed by atoms with Crippen molar-refractivity contribution in [3.05, 3.63) is 114 Å². The molecule has 43 heavy (non-hydrogen) atoms. The van der Waals surface area contributed by atoms with E-state index in [9.17, 15) is 14.4 Å². The molecule has 4 aromatic rings. The number of amides is 4. The smallest absolute Gasteiger partial charge is 0.332 e. The number of nitrogens with two attached hydrogens (primary N) is 1. The summed E-state index contributed by atoms with van der Waals surface area (Å²) in [6.07, 6.45) is -0.130. The van der Waals surface area contributed by atoms with E-state index in [1.165, 1.54) is 0 Å².